The maximum atomic E-state index is 12.7. The predicted molar refractivity (Wildman–Crippen MR) is 84.4 cm³/mol. The minimum Gasteiger partial charge on any atom is -0.481 e. The number of anilines is 1. The fourth-order valence-electron chi connectivity index (χ4n) is 3.42. The molecule has 0 aromatic heterocycles. The molecular formula is C17H22N2O3. The van der Waals surface area contributed by atoms with Gasteiger partial charge in [0.25, 0.3) is 0 Å². The second-order valence-electron chi connectivity index (χ2n) is 6.26. The fraction of sp³-hybridized carbons (Fsp3) is 0.529. The van der Waals surface area contributed by atoms with Gasteiger partial charge in [-0.05, 0) is 56.5 Å². The van der Waals surface area contributed by atoms with E-state index in [9.17, 15) is 14.7 Å². The van der Waals surface area contributed by atoms with E-state index in [-0.39, 0.29) is 17.7 Å². The maximum Gasteiger partial charge on any atom is 0.307 e. The van der Waals surface area contributed by atoms with E-state index in [1.54, 1.807) is 0 Å². The van der Waals surface area contributed by atoms with Crippen LogP contribution in [0, 0.1) is 5.92 Å². The van der Waals surface area contributed by atoms with Crippen molar-refractivity contribution < 1.29 is 14.7 Å². The molecule has 1 saturated heterocycles. The molecule has 2 aliphatic heterocycles. The van der Waals surface area contributed by atoms with Crippen molar-refractivity contribution in [3.63, 3.8) is 0 Å². The fourth-order valence-corrected chi connectivity index (χ4v) is 3.42. The van der Waals surface area contributed by atoms with Crippen LogP contribution in [0.1, 0.15) is 35.7 Å². The number of carbonyl (C=O) groups excluding carboxylic acids is 1. The van der Waals surface area contributed by atoms with Crippen LogP contribution in [0.25, 0.3) is 0 Å². The molecule has 1 aromatic carbocycles. The molecule has 2 heterocycles. The highest BCUT2D eigenvalue weighted by Crippen LogP contribution is 2.25. The van der Waals surface area contributed by atoms with Gasteiger partial charge in [-0.25, -0.2) is 0 Å². The van der Waals surface area contributed by atoms with Crippen LogP contribution in [-0.4, -0.2) is 47.4 Å². The lowest BCUT2D eigenvalue weighted by Crippen LogP contribution is -2.46. The third kappa shape index (κ3) is 2.86. The van der Waals surface area contributed by atoms with Crippen molar-refractivity contribution in [1.29, 1.82) is 0 Å². The van der Waals surface area contributed by atoms with Crippen molar-refractivity contribution in [2.45, 2.75) is 32.2 Å². The first-order chi connectivity index (χ1) is 10.6. The highest BCUT2D eigenvalue weighted by Gasteiger charge is 2.31. The summed E-state index contributed by atoms with van der Waals surface area (Å²) in [4.78, 5) is 25.9. The number of carbonyl (C=O) groups is 2. The van der Waals surface area contributed by atoms with Crippen LogP contribution in [0.3, 0.4) is 0 Å². The number of rotatable bonds is 4. The second-order valence-corrected chi connectivity index (χ2v) is 6.26. The Balaban J connectivity index is 1.72. The summed E-state index contributed by atoms with van der Waals surface area (Å²) in [5, 5.41) is 12.5. The number of hydrogen-bond donors (Lipinski definition) is 2. The molecule has 1 fully saturated rings. The maximum absolute atomic E-state index is 12.7. The van der Waals surface area contributed by atoms with Crippen LogP contribution in [0.5, 0.6) is 0 Å². The van der Waals surface area contributed by atoms with Crippen molar-refractivity contribution in [1.82, 2.24) is 4.90 Å². The Kier molecular flexibility index (Phi) is 4.16. The third-order valence-electron chi connectivity index (χ3n) is 4.83. The lowest BCUT2D eigenvalue weighted by molar-refractivity contribution is -0.143. The average Bonchev–Trinajstić information content (AvgIpc) is 3.01. The van der Waals surface area contributed by atoms with Gasteiger partial charge < -0.3 is 10.4 Å². The minimum atomic E-state index is -0.757. The van der Waals surface area contributed by atoms with E-state index >= 15 is 0 Å². The van der Waals surface area contributed by atoms with Crippen molar-refractivity contribution >= 4 is 17.4 Å². The number of nitrogens with zero attached hydrogens (tertiary/aromatic N) is 1. The smallest absolute Gasteiger partial charge is 0.307 e. The number of benzene rings is 1. The molecule has 3 rings (SSSR count). The molecule has 0 radical (unpaired) electrons. The summed E-state index contributed by atoms with van der Waals surface area (Å²) in [7, 11) is 0. The summed E-state index contributed by atoms with van der Waals surface area (Å²) in [5.74, 6) is -1.03. The van der Waals surface area contributed by atoms with Gasteiger partial charge >= 0.3 is 5.97 Å². The van der Waals surface area contributed by atoms with Crippen LogP contribution in [0.2, 0.25) is 0 Å². The van der Waals surface area contributed by atoms with E-state index < -0.39 is 5.97 Å². The Labute approximate surface area is 130 Å². The number of aliphatic carboxylic acids is 1. The zero-order valence-corrected chi connectivity index (χ0v) is 12.8. The molecule has 2 unspecified atom stereocenters. The molecule has 1 aromatic rings. The summed E-state index contributed by atoms with van der Waals surface area (Å²) < 4.78 is 0. The molecule has 0 spiro atoms. The van der Waals surface area contributed by atoms with Crippen molar-refractivity contribution in [2.24, 2.45) is 5.92 Å². The molecule has 0 saturated carbocycles. The quantitative estimate of drug-likeness (QED) is 0.833. The molecular weight excluding hydrogens is 280 g/mol. The topological polar surface area (TPSA) is 69.6 Å². The molecule has 2 atom stereocenters. The van der Waals surface area contributed by atoms with Gasteiger partial charge in [-0.2, -0.15) is 0 Å². The molecule has 2 aliphatic rings. The standard InChI is InChI=1S/C17H22N2O3/c1-11(19-8-2-3-14(10-19)17(21)22)16(20)13-4-5-15-12(9-13)6-7-18-15/h4-5,9,11,14,18H,2-3,6-8,10H2,1H3,(H,21,22). The summed E-state index contributed by atoms with van der Waals surface area (Å²) in [6.07, 6.45) is 2.50. The number of ketones is 1. The lowest BCUT2D eigenvalue weighted by atomic mass is 9.94. The Bertz CT molecular complexity index is 600. The van der Waals surface area contributed by atoms with Gasteiger partial charge in [-0.1, -0.05) is 0 Å². The Hall–Kier alpha value is -1.88. The first kappa shape index (κ1) is 15.0. The van der Waals surface area contributed by atoms with E-state index in [0.29, 0.717) is 13.0 Å². The highest BCUT2D eigenvalue weighted by molar-refractivity contribution is 6.00. The zero-order chi connectivity index (χ0) is 15.7. The number of hydrogen-bond acceptors (Lipinski definition) is 4. The van der Waals surface area contributed by atoms with Gasteiger partial charge in [0.2, 0.25) is 0 Å². The summed E-state index contributed by atoms with van der Waals surface area (Å²) in [6, 6.07) is 5.55. The van der Waals surface area contributed by atoms with E-state index in [2.05, 4.69) is 5.32 Å². The number of fused-ring (bicyclic) bond motifs is 1. The van der Waals surface area contributed by atoms with Gasteiger partial charge in [0.15, 0.2) is 5.78 Å². The first-order valence-electron chi connectivity index (χ1n) is 7.94. The SMILES string of the molecule is CC(C(=O)c1ccc2c(c1)CCN2)N1CCCC(C(=O)O)C1. The number of piperidine rings is 1. The number of carboxylic acids is 1. The van der Waals surface area contributed by atoms with Crippen LogP contribution >= 0.6 is 0 Å². The largest absolute Gasteiger partial charge is 0.481 e. The van der Waals surface area contributed by atoms with Gasteiger partial charge in [0.05, 0.1) is 12.0 Å². The summed E-state index contributed by atoms with van der Waals surface area (Å²) in [6.45, 7) is 4.07. The van der Waals surface area contributed by atoms with Crippen molar-refractivity contribution in [2.75, 3.05) is 25.0 Å². The monoisotopic (exact) mass is 302 g/mol. The van der Waals surface area contributed by atoms with E-state index in [4.69, 9.17) is 0 Å². The van der Waals surface area contributed by atoms with Gasteiger partial charge in [-0.3, -0.25) is 14.5 Å². The Morgan fingerprint density at radius 1 is 1.41 bits per heavy atom. The number of Topliss-reactive ketones (excluding diaryl/α,β-unsaturated/α-hetero) is 1. The van der Waals surface area contributed by atoms with Gasteiger partial charge in [0.1, 0.15) is 0 Å². The van der Waals surface area contributed by atoms with Crippen LogP contribution in [0.4, 0.5) is 5.69 Å². The number of likely N-dealkylation sites (tertiary alicyclic amines) is 1. The summed E-state index contributed by atoms with van der Waals surface area (Å²) in [5.41, 5.74) is 3.04. The Morgan fingerprint density at radius 3 is 3.00 bits per heavy atom. The van der Waals surface area contributed by atoms with Crippen LogP contribution < -0.4 is 5.32 Å². The molecule has 0 aliphatic carbocycles. The average molecular weight is 302 g/mol. The number of nitrogens with one attached hydrogen (secondary N) is 1. The highest BCUT2D eigenvalue weighted by atomic mass is 16.4. The predicted octanol–water partition coefficient (Wildman–Crippen LogP) is 2.02. The molecule has 0 amide bonds. The minimum absolute atomic E-state index is 0.0840. The molecule has 22 heavy (non-hydrogen) atoms. The second kappa shape index (κ2) is 6.08. The van der Waals surface area contributed by atoms with Crippen molar-refractivity contribution in [3.05, 3.63) is 29.3 Å². The first-order valence-corrected chi connectivity index (χ1v) is 7.94. The van der Waals surface area contributed by atoms with Crippen LogP contribution in [-0.2, 0) is 11.2 Å². The normalized spacial score (nSPS) is 22.7. The lowest BCUT2D eigenvalue weighted by Gasteiger charge is -2.34. The molecule has 5 nitrogen and oxygen atoms in total. The van der Waals surface area contributed by atoms with Gasteiger partial charge in [-0.15, -0.1) is 0 Å². The van der Waals surface area contributed by atoms with Gasteiger partial charge in [0, 0.05) is 24.3 Å². The number of carboxylic acid groups (broad SMARTS) is 1. The summed E-state index contributed by atoms with van der Waals surface area (Å²) >= 11 is 0. The molecule has 2 N–H and O–H groups in total. The Morgan fingerprint density at radius 2 is 2.23 bits per heavy atom. The van der Waals surface area contributed by atoms with Crippen LogP contribution in [0.15, 0.2) is 18.2 Å². The third-order valence-corrected chi connectivity index (χ3v) is 4.83. The molecule has 0 bridgehead atoms. The molecule has 5 heteroatoms. The van der Waals surface area contributed by atoms with E-state index in [0.717, 1.165) is 37.2 Å². The zero-order valence-electron chi connectivity index (χ0n) is 12.8. The van der Waals surface area contributed by atoms with E-state index in [1.807, 2.05) is 30.0 Å². The molecule has 118 valence electrons. The van der Waals surface area contributed by atoms with Crippen molar-refractivity contribution in [3.8, 4) is 0 Å². The van der Waals surface area contributed by atoms with E-state index in [1.165, 1.54) is 5.56 Å².